The number of benzene rings is 1. The fourth-order valence-electron chi connectivity index (χ4n) is 1.65. The minimum atomic E-state index is -1.11. The van der Waals surface area contributed by atoms with Gasteiger partial charge < -0.3 is 14.6 Å². The predicted molar refractivity (Wildman–Crippen MR) is 77.1 cm³/mol. The van der Waals surface area contributed by atoms with Crippen molar-refractivity contribution in [2.45, 2.75) is 32.8 Å². The van der Waals surface area contributed by atoms with Crippen LogP contribution in [0.4, 0.5) is 0 Å². The van der Waals surface area contributed by atoms with Gasteiger partial charge in [-0.3, -0.25) is 0 Å². The third-order valence-corrected chi connectivity index (χ3v) is 3.03. The van der Waals surface area contributed by atoms with Crippen molar-refractivity contribution in [3.05, 3.63) is 28.2 Å². The molecule has 0 spiro atoms. The average Bonchev–Trinajstić information content (AvgIpc) is 2.40. The molecule has 0 aromatic heterocycles. The molecule has 0 saturated heterocycles. The Morgan fingerprint density at radius 3 is 2.60 bits per heavy atom. The van der Waals surface area contributed by atoms with E-state index in [0.29, 0.717) is 10.9 Å². The van der Waals surface area contributed by atoms with Crippen molar-refractivity contribution in [1.29, 1.82) is 0 Å². The van der Waals surface area contributed by atoms with Crippen molar-refractivity contribution in [2.24, 2.45) is 0 Å². The molecule has 0 amide bonds. The van der Waals surface area contributed by atoms with Gasteiger partial charge in [0.1, 0.15) is 11.3 Å². The summed E-state index contributed by atoms with van der Waals surface area (Å²) in [5, 5.41) is 9.16. The van der Waals surface area contributed by atoms with Crippen LogP contribution in [0, 0.1) is 0 Å². The molecule has 1 atom stereocenters. The summed E-state index contributed by atoms with van der Waals surface area (Å²) in [5.74, 6) is -1.43. The van der Waals surface area contributed by atoms with Crippen LogP contribution in [-0.2, 0) is 9.53 Å². The predicted octanol–water partition coefficient (Wildman–Crippen LogP) is 3.26. The Hall–Kier alpha value is -1.56. The van der Waals surface area contributed by atoms with Gasteiger partial charge in [0.05, 0.1) is 6.61 Å². The molecule has 0 radical (unpaired) electrons. The molecule has 6 heteroatoms. The Morgan fingerprint density at radius 1 is 1.35 bits per heavy atom. The van der Waals surface area contributed by atoms with E-state index in [9.17, 15) is 9.59 Å². The van der Waals surface area contributed by atoms with Crippen LogP contribution in [0.5, 0.6) is 5.75 Å². The molecule has 0 aliphatic heterocycles. The number of hydrogen-bond acceptors (Lipinski definition) is 4. The zero-order valence-corrected chi connectivity index (χ0v) is 13.0. The van der Waals surface area contributed by atoms with Crippen LogP contribution in [0.1, 0.15) is 37.0 Å². The number of carbonyl (C=O) groups excluding carboxylic acids is 1. The SMILES string of the molecule is CCCC(Oc1ccc(Br)cc1C(=O)O)C(=O)OCC. The van der Waals surface area contributed by atoms with Crippen molar-refractivity contribution in [2.75, 3.05) is 6.61 Å². The van der Waals surface area contributed by atoms with Crippen LogP contribution in [0.2, 0.25) is 0 Å². The Balaban J connectivity index is 2.98. The number of hydrogen-bond donors (Lipinski definition) is 1. The highest BCUT2D eigenvalue weighted by Crippen LogP contribution is 2.25. The van der Waals surface area contributed by atoms with Gasteiger partial charge in [0.15, 0.2) is 6.10 Å². The number of carboxylic acids is 1. The molecule has 0 aliphatic rings. The number of halogens is 1. The Morgan fingerprint density at radius 2 is 2.05 bits per heavy atom. The standard InChI is InChI=1S/C14H17BrO5/c1-3-5-12(14(18)19-4-2)20-11-7-6-9(15)8-10(11)13(16)17/h6-8,12H,3-5H2,1-2H3,(H,16,17). The van der Waals surface area contributed by atoms with Crippen LogP contribution in [0.25, 0.3) is 0 Å². The van der Waals surface area contributed by atoms with Crippen molar-refractivity contribution in [1.82, 2.24) is 0 Å². The molecule has 110 valence electrons. The van der Waals surface area contributed by atoms with Gasteiger partial charge in [-0.15, -0.1) is 0 Å². The largest absolute Gasteiger partial charge is 0.478 e. The lowest BCUT2D eigenvalue weighted by atomic mass is 10.1. The lowest BCUT2D eigenvalue weighted by molar-refractivity contribution is -0.151. The molecule has 1 rings (SSSR count). The molecular weight excluding hydrogens is 328 g/mol. The van der Waals surface area contributed by atoms with Gasteiger partial charge in [-0.1, -0.05) is 29.3 Å². The smallest absolute Gasteiger partial charge is 0.347 e. The van der Waals surface area contributed by atoms with Gasteiger partial charge in [-0.25, -0.2) is 9.59 Å². The zero-order valence-electron chi connectivity index (χ0n) is 11.4. The molecular formula is C14H17BrO5. The van der Waals surface area contributed by atoms with E-state index in [1.807, 2.05) is 6.92 Å². The first-order valence-electron chi connectivity index (χ1n) is 6.35. The Bertz CT molecular complexity index is 486. The van der Waals surface area contributed by atoms with Gasteiger partial charge in [0.25, 0.3) is 0 Å². The molecule has 0 heterocycles. The van der Waals surface area contributed by atoms with Gasteiger partial charge in [0.2, 0.25) is 0 Å². The molecule has 0 fully saturated rings. The molecule has 1 aromatic rings. The summed E-state index contributed by atoms with van der Waals surface area (Å²) in [6, 6.07) is 4.62. The van der Waals surface area contributed by atoms with Crippen LogP contribution in [0.15, 0.2) is 22.7 Å². The Kier molecular flexibility index (Phi) is 6.51. The van der Waals surface area contributed by atoms with E-state index < -0.39 is 18.0 Å². The van der Waals surface area contributed by atoms with Crippen molar-refractivity contribution in [3.8, 4) is 5.75 Å². The number of ether oxygens (including phenoxy) is 2. The molecule has 1 aromatic carbocycles. The van der Waals surface area contributed by atoms with Gasteiger partial charge in [-0.05, 0) is 31.5 Å². The third kappa shape index (κ3) is 4.52. The van der Waals surface area contributed by atoms with E-state index in [4.69, 9.17) is 14.6 Å². The first kappa shape index (κ1) is 16.5. The first-order chi connectivity index (χ1) is 9.49. The van der Waals surface area contributed by atoms with E-state index in [2.05, 4.69) is 15.9 Å². The van der Waals surface area contributed by atoms with E-state index in [1.165, 1.54) is 12.1 Å². The maximum Gasteiger partial charge on any atom is 0.347 e. The molecule has 0 aliphatic carbocycles. The van der Waals surface area contributed by atoms with Gasteiger partial charge in [0, 0.05) is 4.47 Å². The number of rotatable bonds is 7. The molecule has 0 saturated carbocycles. The number of aromatic carboxylic acids is 1. The summed E-state index contributed by atoms with van der Waals surface area (Å²) in [6.07, 6.45) is 0.398. The first-order valence-corrected chi connectivity index (χ1v) is 7.15. The maximum atomic E-state index is 11.8. The topological polar surface area (TPSA) is 72.8 Å². The quantitative estimate of drug-likeness (QED) is 0.768. The van der Waals surface area contributed by atoms with Crippen molar-refractivity contribution in [3.63, 3.8) is 0 Å². The van der Waals surface area contributed by atoms with E-state index >= 15 is 0 Å². The Labute approximate surface area is 126 Å². The van der Waals surface area contributed by atoms with Gasteiger partial charge >= 0.3 is 11.9 Å². The monoisotopic (exact) mass is 344 g/mol. The lowest BCUT2D eigenvalue weighted by Crippen LogP contribution is -2.29. The van der Waals surface area contributed by atoms with Crippen LogP contribution >= 0.6 is 15.9 Å². The number of carboxylic acid groups (broad SMARTS) is 1. The second-order valence-corrected chi connectivity index (χ2v) is 5.01. The van der Waals surface area contributed by atoms with E-state index in [1.54, 1.807) is 13.0 Å². The van der Waals surface area contributed by atoms with Gasteiger partial charge in [-0.2, -0.15) is 0 Å². The molecule has 5 nitrogen and oxygen atoms in total. The molecule has 1 unspecified atom stereocenters. The maximum absolute atomic E-state index is 11.8. The summed E-state index contributed by atoms with van der Waals surface area (Å²) in [7, 11) is 0. The summed E-state index contributed by atoms with van der Waals surface area (Å²) < 4.78 is 11.1. The molecule has 0 bridgehead atoms. The van der Waals surface area contributed by atoms with Crippen molar-refractivity contribution < 1.29 is 24.2 Å². The zero-order chi connectivity index (χ0) is 15.1. The average molecular weight is 345 g/mol. The third-order valence-electron chi connectivity index (χ3n) is 2.54. The minimum absolute atomic E-state index is 0.00442. The highest BCUT2D eigenvalue weighted by molar-refractivity contribution is 9.10. The minimum Gasteiger partial charge on any atom is -0.478 e. The highest BCUT2D eigenvalue weighted by atomic mass is 79.9. The molecule has 20 heavy (non-hydrogen) atoms. The van der Waals surface area contributed by atoms with E-state index in [-0.39, 0.29) is 17.9 Å². The van der Waals surface area contributed by atoms with Crippen LogP contribution in [0.3, 0.4) is 0 Å². The summed E-state index contributed by atoms with van der Waals surface area (Å²) in [6.45, 7) is 3.88. The summed E-state index contributed by atoms with van der Waals surface area (Å²) in [5.41, 5.74) is 0.00442. The number of esters is 1. The fraction of sp³-hybridized carbons (Fsp3) is 0.429. The second-order valence-electron chi connectivity index (χ2n) is 4.09. The van der Waals surface area contributed by atoms with Crippen LogP contribution in [-0.4, -0.2) is 29.8 Å². The highest BCUT2D eigenvalue weighted by Gasteiger charge is 2.23. The van der Waals surface area contributed by atoms with Crippen molar-refractivity contribution >= 4 is 27.9 Å². The lowest BCUT2D eigenvalue weighted by Gasteiger charge is -2.18. The van der Waals surface area contributed by atoms with Crippen LogP contribution < -0.4 is 4.74 Å². The molecule has 1 N–H and O–H groups in total. The fourth-order valence-corrected chi connectivity index (χ4v) is 2.01. The number of carbonyl (C=O) groups is 2. The second kappa shape index (κ2) is 7.89. The summed E-state index contributed by atoms with van der Waals surface area (Å²) >= 11 is 3.20. The van der Waals surface area contributed by atoms with E-state index in [0.717, 1.165) is 6.42 Å². The summed E-state index contributed by atoms with van der Waals surface area (Å²) in [4.78, 5) is 23.0. The normalized spacial score (nSPS) is 11.8.